The van der Waals surface area contributed by atoms with Gasteiger partial charge in [0.2, 0.25) is 0 Å². The normalized spacial score (nSPS) is 0. The molecule has 0 aliphatic carbocycles. The Bertz CT molecular complexity index is 10.8. The van der Waals surface area contributed by atoms with Crippen LogP contribution in [0.3, 0.4) is 0 Å². The molecule has 0 amide bonds. The minimum Gasteiger partial charge on any atom is -0.870 e. The van der Waals surface area contributed by atoms with Crippen LogP contribution in [0.5, 0.6) is 0 Å². The Balaban J connectivity index is 0. The molecule has 0 rings (SSSR count). The Morgan fingerprint density at radius 1 is 0.667 bits per heavy atom. The van der Waals surface area contributed by atoms with Crippen LogP contribution in [0.25, 0.3) is 0 Å². The van der Waals surface area contributed by atoms with E-state index in [1.54, 1.807) is 0 Å². The third-order valence-electron chi connectivity index (χ3n) is 0. The van der Waals surface area contributed by atoms with Gasteiger partial charge in [-0.1, -0.05) is 0 Å². The molecule has 0 aromatic carbocycles. The van der Waals surface area contributed by atoms with E-state index < -0.39 is 0 Å². The summed E-state index contributed by atoms with van der Waals surface area (Å²) in [7, 11) is 0. The third kappa shape index (κ3) is 23.5. The summed E-state index contributed by atoms with van der Waals surface area (Å²) in [6, 6.07) is 0. The van der Waals surface area contributed by atoms with Crippen LogP contribution in [0.4, 0.5) is 0 Å². The first kappa shape index (κ1) is 46.4. The number of hydrogen-bond acceptors (Lipinski definition) is 3. The zero-order valence-corrected chi connectivity index (χ0v) is 15.7. The molecule has 6 heavy (non-hydrogen) atoms. The zero-order valence-electron chi connectivity index (χ0n) is 4.34. The fraction of sp³-hybridized carbons (Fsp3) is 0. The molecule has 0 aliphatic rings. The standard InChI is InChI=1S/Cs.K.Na.3H2O/h;;;3*1H2/q3*+1;;;/p-3. The topological polar surface area (TPSA) is 90.0 Å². The summed E-state index contributed by atoms with van der Waals surface area (Å²) < 4.78 is 0. The van der Waals surface area contributed by atoms with E-state index in [0.717, 1.165) is 0 Å². The molecule has 0 aromatic rings. The maximum absolute atomic E-state index is 0. The van der Waals surface area contributed by atoms with Gasteiger partial charge in [-0.15, -0.1) is 0 Å². The Morgan fingerprint density at radius 3 is 0.667 bits per heavy atom. The van der Waals surface area contributed by atoms with E-state index in [4.69, 9.17) is 0 Å². The van der Waals surface area contributed by atoms with Crippen LogP contribution in [0.1, 0.15) is 0 Å². The van der Waals surface area contributed by atoms with Crippen LogP contribution in [0.15, 0.2) is 0 Å². The Labute approximate surface area is 160 Å². The van der Waals surface area contributed by atoms with Crippen molar-refractivity contribution in [2.24, 2.45) is 0 Å². The van der Waals surface area contributed by atoms with Gasteiger partial charge < -0.3 is 16.4 Å². The number of hydrogen-bond donors (Lipinski definition) is 0. The Morgan fingerprint density at radius 2 is 0.667 bits per heavy atom. The van der Waals surface area contributed by atoms with E-state index in [-0.39, 0.29) is 166 Å². The van der Waals surface area contributed by atoms with Gasteiger partial charge >= 0.3 is 150 Å². The van der Waals surface area contributed by atoms with Crippen LogP contribution in [-0.4, -0.2) is 16.4 Å². The van der Waals surface area contributed by atoms with E-state index in [9.17, 15) is 0 Å². The molecule has 0 atom stereocenters. The molecule has 0 spiro atoms. The van der Waals surface area contributed by atoms with Crippen molar-refractivity contribution in [3.63, 3.8) is 0 Å². The van der Waals surface area contributed by atoms with Crippen molar-refractivity contribution in [3.8, 4) is 0 Å². The van der Waals surface area contributed by atoms with Crippen LogP contribution in [0, 0.1) is 0 Å². The quantitative estimate of drug-likeness (QED) is 0.397. The van der Waals surface area contributed by atoms with Gasteiger partial charge in [0, 0.05) is 0 Å². The van der Waals surface area contributed by atoms with Gasteiger partial charge in [-0.25, -0.2) is 0 Å². The molecule has 0 fully saturated rings. The Hall–Kier alpha value is 4.57. The van der Waals surface area contributed by atoms with Crippen molar-refractivity contribution in [2.75, 3.05) is 0 Å². The van der Waals surface area contributed by atoms with Gasteiger partial charge in [-0.05, 0) is 0 Å². The van der Waals surface area contributed by atoms with Gasteiger partial charge in [0.1, 0.15) is 0 Å². The van der Waals surface area contributed by atoms with E-state index >= 15 is 0 Å². The molecule has 0 bridgehead atoms. The van der Waals surface area contributed by atoms with E-state index in [1.165, 1.54) is 0 Å². The predicted octanol–water partition coefficient (Wildman–Crippen LogP) is -9.52. The van der Waals surface area contributed by atoms with Crippen molar-refractivity contribution in [3.05, 3.63) is 0 Å². The summed E-state index contributed by atoms with van der Waals surface area (Å²) in [5.74, 6) is 0. The third-order valence-corrected chi connectivity index (χ3v) is 0. The Kier molecular flexibility index (Phi) is 260. The summed E-state index contributed by atoms with van der Waals surface area (Å²) >= 11 is 0. The molecule has 0 heterocycles. The average Bonchev–Trinajstić information content (AvgIpc) is 0. The first-order valence-corrected chi connectivity index (χ1v) is 0. The summed E-state index contributed by atoms with van der Waals surface area (Å²) in [5.41, 5.74) is 0. The molecule has 24 valence electrons. The monoisotopic (exact) mass is 246 g/mol. The van der Waals surface area contributed by atoms with Crippen molar-refractivity contribution >= 4 is 0 Å². The van der Waals surface area contributed by atoms with Crippen molar-refractivity contribution < 1.29 is 166 Å². The fourth-order valence-electron chi connectivity index (χ4n) is 0. The molecule has 3 N–H and O–H groups in total. The molecule has 6 heteroatoms. The molecule has 0 aliphatic heterocycles. The van der Waals surface area contributed by atoms with E-state index in [0.29, 0.717) is 0 Å². The first-order valence-electron chi connectivity index (χ1n) is 0. The van der Waals surface area contributed by atoms with Crippen molar-refractivity contribution in [1.82, 2.24) is 0 Å². The second-order valence-corrected chi connectivity index (χ2v) is 0. The second kappa shape index (κ2) is 33.7. The molecule has 0 aromatic heterocycles. The van der Waals surface area contributed by atoms with Crippen LogP contribution in [0.2, 0.25) is 0 Å². The second-order valence-electron chi connectivity index (χ2n) is 0. The van der Waals surface area contributed by atoms with Crippen molar-refractivity contribution in [1.29, 1.82) is 0 Å². The summed E-state index contributed by atoms with van der Waals surface area (Å²) in [6.07, 6.45) is 0. The predicted molar refractivity (Wildman–Crippen MR) is 5.81 cm³/mol. The maximum atomic E-state index is 0. The first-order chi connectivity index (χ1) is 0. The molecule has 0 unspecified atom stereocenters. The minimum atomic E-state index is 0. The van der Waals surface area contributed by atoms with Gasteiger partial charge in [-0.3, -0.25) is 0 Å². The largest absolute Gasteiger partial charge is 1.00 e. The molecular weight excluding hydrogens is 243 g/mol. The molecule has 0 saturated carbocycles. The van der Waals surface area contributed by atoms with Crippen LogP contribution in [-0.2, 0) is 0 Å². The molecule has 3 nitrogen and oxygen atoms in total. The van der Waals surface area contributed by atoms with Crippen LogP contribution >= 0.6 is 0 Å². The smallest absolute Gasteiger partial charge is 0.870 e. The van der Waals surface area contributed by atoms with E-state index in [1.807, 2.05) is 0 Å². The van der Waals surface area contributed by atoms with Gasteiger partial charge in [-0.2, -0.15) is 0 Å². The maximum Gasteiger partial charge on any atom is 1.00 e. The number of rotatable bonds is 0. The molecular formula is H3CsKNaO3. The van der Waals surface area contributed by atoms with E-state index in [2.05, 4.69) is 0 Å². The molecule has 0 saturated heterocycles. The zero-order chi connectivity index (χ0) is 0. The van der Waals surface area contributed by atoms with Gasteiger partial charge in [0.05, 0.1) is 0 Å². The SMILES string of the molecule is [Cs+].[K+].[Na+].[OH-].[OH-].[OH-]. The fourth-order valence-corrected chi connectivity index (χ4v) is 0. The summed E-state index contributed by atoms with van der Waals surface area (Å²) in [6.45, 7) is 0. The van der Waals surface area contributed by atoms with Gasteiger partial charge in [0.15, 0.2) is 0 Å². The van der Waals surface area contributed by atoms with Crippen molar-refractivity contribution in [2.45, 2.75) is 0 Å². The summed E-state index contributed by atoms with van der Waals surface area (Å²) in [4.78, 5) is 0. The molecule has 0 radical (unpaired) electrons. The average molecular weight is 246 g/mol. The van der Waals surface area contributed by atoms with Gasteiger partial charge in [0.25, 0.3) is 0 Å². The van der Waals surface area contributed by atoms with Crippen LogP contribution < -0.4 is 150 Å². The summed E-state index contributed by atoms with van der Waals surface area (Å²) in [5, 5.41) is 0. The minimum absolute atomic E-state index is 0.